The van der Waals surface area contributed by atoms with Crippen LogP contribution in [0.15, 0.2) is 18.2 Å². The van der Waals surface area contributed by atoms with Gasteiger partial charge in [-0.3, -0.25) is 10.1 Å². The van der Waals surface area contributed by atoms with Crippen LogP contribution in [0.2, 0.25) is 0 Å². The molecule has 0 saturated carbocycles. The molecule has 7 heteroatoms. The zero-order chi connectivity index (χ0) is 15.1. The highest BCUT2D eigenvalue weighted by atomic mass is 16.5. The summed E-state index contributed by atoms with van der Waals surface area (Å²) in [6, 6.07) is 4.03. The molecule has 0 aliphatic carbocycles. The Morgan fingerprint density at radius 1 is 1.20 bits per heavy atom. The van der Waals surface area contributed by atoms with Gasteiger partial charge in [-0.15, -0.1) is 0 Å². The first-order chi connectivity index (χ1) is 9.51. The first-order valence-corrected chi connectivity index (χ1v) is 6.03. The van der Waals surface area contributed by atoms with Crippen molar-refractivity contribution in [1.29, 1.82) is 0 Å². The zero-order valence-electron chi connectivity index (χ0n) is 11.9. The first-order valence-electron chi connectivity index (χ1n) is 6.03. The summed E-state index contributed by atoms with van der Waals surface area (Å²) in [6.45, 7) is 1.64. The van der Waals surface area contributed by atoms with E-state index in [0.29, 0.717) is 17.2 Å². The number of imide groups is 1. The number of amides is 3. The largest absolute Gasteiger partial charge is 0.497 e. The van der Waals surface area contributed by atoms with Crippen molar-refractivity contribution in [3.05, 3.63) is 18.2 Å². The Labute approximate surface area is 117 Å². The summed E-state index contributed by atoms with van der Waals surface area (Å²) in [5.74, 6) is 0.751. The maximum atomic E-state index is 11.7. The van der Waals surface area contributed by atoms with Crippen LogP contribution in [0.5, 0.6) is 11.5 Å². The SMILES string of the molecule is CNC(=O)NC(=O)[C@@H](C)Nc1ccc(OC)cc1OC. The number of rotatable bonds is 5. The lowest BCUT2D eigenvalue weighted by Crippen LogP contribution is -2.44. The van der Waals surface area contributed by atoms with Gasteiger partial charge in [0.1, 0.15) is 17.5 Å². The van der Waals surface area contributed by atoms with E-state index in [1.165, 1.54) is 14.2 Å². The van der Waals surface area contributed by atoms with E-state index < -0.39 is 18.0 Å². The van der Waals surface area contributed by atoms with Crippen LogP contribution in [0.1, 0.15) is 6.92 Å². The van der Waals surface area contributed by atoms with Gasteiger partial charge < -0.3 is 20.1 Å². The average molecular weight is 281 g/mol. The number of anilines is 1. The predicted molar refractivity (Wildman–Crippen MR) is 75.2 cm³/mol. The normalized spacial score (nSPS) is 11.2. The second-order valence-electron chi connectivity index (χ2n) is 4.00. The molecule has 0 radical (unpaired) electrons. The molecule has 1 aromatic carbocycles. The van der Waals surface area contributed by atoms with E-state index in [1.54, 1.807) is 32.2 Å². The van der Waals surface area contributed by atoms with Gasteiger partial charge in [-0.25, -0.2) is 4.79 Å². The number of ether oxygens (including phenoxy) is 2. The summed E-state index contributed by atoms with van der Waals surface area (Å²) in [5.41, 5.74) is 0.632. The average Bonchev–Trinajstić information content (AvgIpc) is 2.47. The van der Waals surface area contributed by atoms with Crippen LogP contribution in [-0.2, 0) is 4.79 Å². The van der Waals surface area contributed by atoms with Crippen LogP contribution >= 0.6 is 0 Å². The highest BCUT2D eigenvalue weighted by Gasteiger charge is 2.16. The van der Waals surface area contributed by atoms with Crippen LogP contribution in [0, 0.1) is 0 Å². The summed E-state index contributed by atoms with van der Waals surface area (Å²) >= 11 is 0. The minimum atomic E-state index is -0.602. The molecule has 0 saturated heterocycles. The number of nitrogens with one attached hydrogen (secondary N) is 3. The molecule has 0 bridgehead atoms. The maximum absolute atomic E-state index is 11.7. The molecular weight excluding hydrogens is 262 g/mol. The van der Waals surface area contributed by atoms with Crippen LogP contribution in [0.3, 0.4) is 0 Å². The Morgan fingerprint density at radius 2 is 1.90 bits per heavy atom. The Balaban J connectivity index is 2.77. The Bertz CT molecular complexity index is 491. The van der Waals surface area contributed by atoms with Crippen molar-refractivity contribution in [2.24, 2.45) is 0 Å². The lowest BCUT2D eigenvalue weighted by Gasteiger charge is -2.17. The molecule has 7 nitrogen and oxygen atoms in total. The topological polar surface area (TPSA) is 88.7 Å². The van der Waals surface area contributed by atoms with Gasteiger partial charge in [0.15, 0.2) is 0 Å². The molecule has 0 heterocycles. The van der Waals surface area contributed by atoms with Crippen molar-refractivity contribution in [3.8, 4) is 11.5 Å². The van der Waals surface area contributed by atoms with E-state index in [2.05, 4.69) is 16.0 Å². The lowest BCUT2D eigenvalue weighted by atomic mass is 10.2. The number of benzene rings is 1. The van der Waals surface area contributed by atoms with Gasteiger partial charge in [0, 0.05) is 13.1 Å². The van der Waals surface area contributed by atoms with Gasteiger partial charge in [-0.2, -0.15) is 0 Å². The van der Waals surface area contributed by atoms with E-state index in [1.807, 2.05) is 0 Å². The fourth-order valence-corrected chi connectivity index (χ4v) is 1.50. The molecule has 0 unspecified atom stereocenters. The summed E-state index contributed by atoms with van der Waals surface area (Å²) in [6.07, 6.45) is 0. The lowest BCUT2D eigenvalue weighted by molar-refractivity contribution is -0.120. The standard InChI is InChI=1S/C13H19N3O4/c1-8(12(17)16-13(18)14-2)15-10-6-5-9(19-3)7-11(10)20-4/h5-8,15H,1-4H3,(H2,14,16,17,18)/t8-/m1/s1. The molecule has 0 aromatic heterocycles. The van der Waals surface area contributed by atoms with Gasteiger partial charge in [0.25, 0.3) is 0 Å². The molecule has 1 atom stereocenters. The number of urea groups is 1. The second-order valence-corrected chi connectivity index (χ2v) is 4.00. The molecule has 20 heavy (non-hydrogen) atoms. The fraction of sp³-hybridized carbons (Fsp3) is 0.385. The van der Waals surface area contributed by atoms with E-state index >= 15 is 0 Å². The number of hydrogen-bond acceptors (Lipinski definition) is 5. The van der Waals surface area contributed by atoms with Crippen molar-refractivity contribution >= 4 is 17.6 Å². The first kappa shape index (κ1) is 15.6. The Morgan fingerprint density at radius 3 is 2.45 bits per heavy atom. The summed E-state index contributed by atoms with van der Waals surface area (Å²) in [7, 11) is 4.52. The molecule has 1 rings (SSSR count). The second kappa shape index (κ2) is 7.22. The minimum absolute atomic E-state index is 0.442. The third kappa shape index (κ3) is 4.04. The quantitative estimate of drug-likeness (QED) is 0.748. The molecule has 3 N–H and O–H groups in total. The van der Waals surface area contributed by atoms with Crippen LogP contribution in [0.4, 0.5) is 10.5 Å². The summed E-state index contributed by atoms with van der Waals surface area (Å²) in [5, 5.41) is 7.47. The molecule has 0 fully saturated rings. The highest BCUT2D eigenvalue weighted by molar-refractivity contribution is 5.98. The number of methoxy groups -OCH3 is 2. The number of carbonyl (C=O) groups is 2. The van der Waals surface area contributed by atoms with Gasteiger partial charge >= 0.3 is 6.03 Å². The van der Waals surface area contributed by atoms with Crippen molar-refractivity contribution in [2.45, 2.75) is 13.0 Å². The summed E-state index contributed by atoms with van der Waals surface area (Å²) < 4.78 is 10.3. The van der Waals surface area contributed by atoms with E-state index in [4.69, 9.17) is 9.47 Å². The molecule has 3 amide bonds. The zero-order valence-corrected chi connectivity index (χ0v) is 11.9. The van der Waals surface area contributed by atoms with Crippen molar-refractivity contribution in [3.63, 3.8) is 0 Å². The molecule has 0 aliphatic heterocycles. The molecular formula is C13H19N3O4. The van der Waals surface area contributed by atoms with Gasteiger partial charge in [-0.1, -0.05) is 0 Å². The predicted octanol–water partition coefficient (Wildman–Crippen LogP) is 0.960. The van der Waals surface area contributed by atoms with E-state index in [-0.39, 0.29) is 0 Å². The third-order valence-electron chi connectivity index (χ3n) is 2.64. The molecule has 1 aromatic rings. The van der Waals surface area contributed by atoms with Crippen LogP contribution < -0.4 is 25.4 Å². The van der Waals surface area contributed by atoms with E-state index in [9.17, 15) is 9.59 Å². The van der Waals surface area contributed by atoms with Gasteiger partial charge in [0.05, 0.1) is 19.9 Å². The monoisotopic (exact) mass is 281 g/mol. The van der Waals surface area contributed by atoms with Crippen molar-refractivity contribution in [1.82, 2.24) is 10.6 Å². The van der Waals surface area contributed by atoms with Crippen LogP contribution in [0.25, 0.3) is 0 Å². The summed E-state index contributed by atoms with van der Waals surface area (Å²) in [4.78, 5) is 22.8. The Hall–Kier alpha value is -2.44. The minimum Gasteiger partial charge on any atom is -0.497 e. The van der Waals surface area contributed by atoms with Crippen LogP contribution in [-0.4, -0.2) is 39.2 Å². The maximum Gasteiger partial charge on any atom is 0.321 e. The highest BCUT2D eigenvalue weighted by Crippen LogP contribution is 2.29. The molecule has 0 aliphatic rings. The third-order valence-corrected chi connectivity index (χ3v) is 2.64. The molecule has 110 valence electrons. The molecule has 0 spiro atoms. The fourth-order valence-electron chi connectivity index (χ4n) is 1.50. The number of hydrogen-bond donors (Lipinski definition) is 3. The van der Waals surface area contributed by atoms with Crippen molar-refractivity contribution in [2.75, 3.05) is 26.6 Å². The van der Waals surface area contributed by atoms with Crippen molar-refractivity contribution < 1.29 is 19.1 Å². The van der Waals surface area contributed by atoms with Gasteiger partial charge in [-0.05, 0) is 19.1 Å². The Kier molecular flexibility index (Phi) is 5.64. The smallest absolute Gasteiger partial charge is 0.321 e. The van der Waals surface area contributed by atoms with Gasteiger partial charge in [0.2, 0.25) is 5.91 Å². The number of carbonyl (C=O) groups excluding carboxylic acids is 2. The van der Waals surface area contributed by atoms with E-state index in [0.717, 1.165) is 0 Å².